The molecule has 0 bridgehead atoms. The number of phosphoric acid groups is 1. The molecule has 10 heteroatoms. The molecule has 0 aromatic heterocycles. The van der Waals surface area contributed by atoms with Crippen molar-refractivity contribution in [3.8, 4) is 0 Å². The summed E-state index contributed by atoms with van der Waals surface area (Å²) in [5.74, 6) is -0.868. The average molecular weight is 766 g/mol. The van der Waals surface area contributed by atoms with E-state index in [4.69, 9.17) is 24.3 Å². The second-order valence-electron chi connectivity index (χ2n) is 13.5. The van der Waals surface area contributed by atoms with Crippen LogP contribution in [-0.4, -0.2) is 49.3 Å². The topological polar surface area (TPSA) is 134 Å². The molecule has 0 radical (unpaired) electrons. The van der Waals surface area contributed by atoms with E-state index in [1.165, 1.54) is 64.2 Å². The number of nitrogens with two attached hydrogens (primary N) is 1. The van der Waals surface area contributed by atoms with E-state index in [-0.39, 0.29) is 32.6 Å². The zero-order valence-electron chi connectivity index (χ0n) is 33.5. The number of rotatable bonds is 38. The number of esters is 2. The highest BCUT2D eigenvalue weighted by molar-refractivity contribution is 7.47. The van der Waals surface area contributed by atoms with Gasteiger partial charge in [0.25, 0.3) is 0 Å². The molecule has 2 atom stereocenters. The molecule has 0 saturated carbocycles. The molecule has 0 rings (SSSR count). The van der Waals surface area contributed by atoms with Crippen molar-refractivity contribution < 1.29 is 37.6 Å². The van der Waals surface area contributed by atoms with Crippen LogP contribution in [0.2, 0.25) is 0 Å². The Morgan fingerprint density at radius 2 is 1.04 bits per heavy atom. The van der Waals surface area contributed by atoms with Gasteiger partial charge in [-0.1, -0.05) is 158 Å². The average Bonchev–Trinajstić information content (AvgIpc) is 3.14. The Morgan fingerprint density at radius 1 is 0.585 bits per heavy atom. The number of hydrogen-bond donors (Lipinski definition) is 2. The molecule has 306 valence electrons. The summed E-state index contributed by atoms with van der Waals surface area (Å²) < 4.78 is 32.7. The molecule has 0 aliphatic heterocycles. The third-order valence-corrected chi connectivity index (χ3v) is 9.40. The van der Waals surface area contributed by atoms with Gasteiger partial charge in [-0.2, -0.15) is 0 Å². The lowest BCUT2D eigenvalue weighted by Crippen LogP contribution is -2.29. The normalized spacial score (nSPS) is 14.0. The lowest BCUT2D eigenvalue weighted by molar-refractivity contribution is -0.161. The first-order valence-corrected chi connectivity index (χ1v) is 22.3. The van der Waals surface area contributed by atoms with Crippen LogP contribution in [0.15, 0.2) is 60.8 Å². The summed E-state index contributed by atoms with van der Waals surface area (Å²) in [7, 11) is -4.38. The Labute approximate surface area is 323 Å². The van der Waals surface area contributed by atoms with Crippen molar-refractivity contribution in [3.63, 3.8) is 0 Å². The maximum Gasteiger partial charge on any atom is 0.472 e. The Bertz CT molecular complexity index is 1050. The Kier molecular flexibility index (Phi) is 37.7. The van der Waals surface area contributed by atoms with Crippen LogP contribution >= 0.6 is 7.82 Å². The highest BCUT2D eigenvalue weighted by Gasteiger charge is 2.25. The Hall–Kier alpha value is -2.29. The maximum atomic E-state index is 12.6. The number of carbonyl (C=O) groups excluding carboxylic acids is 2. The van der Waals surface area contributed by atoms with Crippen molar-refractivity contribution in [3.05, 3.63) is 60.8 Å². The van der Waals surface area contributed by atoms with Gasteiger partial charge < -0.3 is 20.1 Å². The minimum atomic E-state index is -4.38. The molecule has 0 spiro atoms. The van der Waals surface area contributed by atoms with Crippen LogP contribution < -0.4 is 5.73 Å². The van der Waals surface area contributed by atoms with Gasteiger partial charge >= 0.3 is 19.8 Å². The first-order chi connectivity index (χ1) is 25.8. The molecule has 0 aliphatic carbocycles. The zero-order valence-corrected chi connectivity index (χ0v) is 34.4. The van der Waals surface area contributed by atoms with Gasteiger partial charge in [0.2, 0.25) is 0 Å². The summed E-state index contributed by atoms with van der Waals surface area (Å²) in [4.78, 5) is 34.8. The fraction of sp³-hybridized carbons (Fsp3) is 0.721. The number of allylic oxidation sites excluding steroid dienone is 10. The monoisotopic (exact) mass is 766 g/mol. The summed E-state index contributed by atoms with van der Waals surface area (Å²) >= 11 is 0. The van der Waals surface area contributed by atoms with Crippen LogP contribution in [-0.2, 0) is 32.7 Å². The van der Waals surface area contributed by atoms with Gasteiger partial charge in [0.1, 0.15) is 6.61 Å². The van der Waals surface area contributed by atoms with Gasteiger partial charge in [-0.05, 0) is 57.8 Å². The van der Waals surface area contributed by atoms with Crippen LogP contribution in [0.25, 0.3) is 0 Å². The molecule has 0 amide bonds. The summed E-state index contributed by atoms with van der Waals surface area (Å²) in [6, 6.07) is 0. The smallest absolute Gasteiger partial charge is 0.462 e. The van der Waals surface area contributed by atoms with Crippen LogP contribution in [0, 0.1) is 0 Å². The van der Waals surface area contributed by atoms with Crippen LogP contribution in [0.3, 0.4) is 0 Å². The van der Waals surface area contributed by atoms with E-state index in [1.54, 1.807) is 0 Å². The molecule has 9 nitrogen and oxygen atoms in total. The van der Waals surface area contributed by atoms with Gasteiger partial charge in [-0.15, -0.1) is 0 Å². The van der Waals surface area contributed by atoms with Crippen molar-refractivity contribution in [2.45, 2.75) is 174 Å². The molecule has 3 N–H and O–H groups in total. The molecule has 2 unspecified atom stereocenters. The molecule has 0 fully saturated rings. The van der Waals surface area contributed by atoms with Crippen molar-refractivity contribution in [2.75, 3.05) is 26.4 Å². The molecule has 0 aliphatic rings. The van der Waals surface area contributed by atoms with Crippen molar-refractivity contribution in [2.24, 2.45) is 5.73 Å². The molecule has 0 saturated heterocycles. The van der Waals surface area contributed by atoms with E-state index in [1.807, 2.05) is 0 Å². The Balaban J connectivity index is 4.25. The van der Waals surface area contributed by atoms with Gasteiger partial charge in [0.05, 0.1) is 13.2 Å². The lowest BCUT2D eigenvalue weighted by Gasteiger charge is -2.19. The number of phosphoric ester groups is 1. The van der Waals surface area contributed by atoms with E-state index in [2.05, 4.69) is 74.6 Å². The van der Waals surface area contributed by atoms with E-state index >= 15 is 0 Å². The summed E-state index contributed by atoms with van der Waals surface area (Å²) in [5, 5.41) is 0. The number of hydrogen-bond acceptors (Lipinski definition) is 8. The minimum absolute atomic E-state index is 0.0458. The first kappa shape index (κ1) is 50.7. The quantitative estimate of drug-likeness (QED) is 0.0272. The zero-order chi connectivity index (χ0) is 38.9. The summed E-state index contributed by atoms with van der Waals surface area (Å²) in [5.41, 5.74) is 5.34. The SMILES string of the molecule is CC/C=C\C/C=C\C/C=C\C/C=C\C/C=C\CCCCCC(=O)OC(COC(=O)CCCCCCCCCCCCCCC)COP(=O)(O)OCCN. The summed E-state index contributed by atoms with van der Waals surface area (Å²) in [6.07, 6.45) is 45.3. The standard InChI is InChI=1S/C43H76NO8P/c1-3-5-7-9-11-13-15-17-18-19-20-21-22-24-26-28-30-32-34-36-43(46)52-41(40-51-53(47,48)50-38-37-44)39-49-42(45)35-33-31-29-27-25-23-16-14-12-10-8-6-4-2/h5,7,11,13,17-18,20-21,24,26,41H,3-4,6,8-10,12,14-16,19,22-23,25,27-40,44H2,1-2H3,(H,47,48)/b7-5-,13-11-,18-17-,21-20-,26-24-. The minimum Gasteiger partial charge on any atom is -0.462 e. The predicted octanol–water partition coefficient (Wildman–Crippen LogP) is 11.7. The molecular weight excluding hydrogens is 689 g/mol. The lowest BCUT2D eigenvalue weighted by atomic mass is 10.0. The highest BCUT2D eigenvalue weighted by atomic mass is 31.2. The van der Waals surface area contributed by atoms with Gasteiger partial charge in [-0.25, -0.2) is 4.57 Å². The highest BCUT2D eigenvalue weighted by Crippen LogP contribution is 2.43. The molecule has 0 heterocycles. The Morgan fingerprint density at radius 3 is 1.55 bits per heavy atom. The molecule has 53 heavy (non-hydrogen) atoms. The van der Waals surface area contributed by atoms with Crippen LogP contribution in [0.4, 0.5) is 0 Å². The number of carbonyl (C=O) groups is 2. The van der Waals surface area contributed by atoms with Crippen LogP contribution in [0.1, 0.15) is 168 Å². The van der Waals surface area contributed by atoms with E-state index < -0.39 is 32.5 Å². The fourth-order valence-electron chi connectivity index (χ4n) is 5.37. The van der Waals surface area contributed by atoms with Gasteiger partial charge in [0.15, 0.2) is 6.10 Å². The number of unbranched alkanes of at least 4 members (excludes halogenated alkanes) is 15. The number of ether oxygens (including phenoxy) is 2. The van der Waals surface area contributed by atoms with Crippen LogP contribution in [0.5, 0.6) is 0 Å². The molecule has 0 aromatic carbocycles. The predicted molar refractivity (Wildman–Crippen MR) is 219 cm³/mol. The van der Waals surface area contributed by atoms with Gasteiger partial charge in [0, 0.05) is 19.4 Å². The van der Waals surface area contributed by atoms with Crippen molar-refractivity contribution in [1.29, 1.82) is 0 Å². The van der Waals surface area contributed by atoms with Crippen molar-refractivity contribution in [1.82, 2.24) is 0 Å². The fourth-order valence-corrected chi connectivity index (χ4v) is 6.13. The van der Waals surface area contributed by atoms with E-state index in [0.29, 0.717) is 6.42 Å². The van der Waals surface area contributed by atoms with E-state index in [0.717, 1.165) is 70.6 Å². The third-order valence-electron chi connectivity index (χ3n) is 8.42. The molecular formula is C43H76NO8P. The largest absolute Gasteiger partial charge is 0.472 e. The molecule has 0 aromatic rings. The first-order valence-electron chi connectivity index (χ1n) is 20.8. The van der Waals surface area contributed by atoms with Gasteiger partial charge in [-0.3, -0.25) is 18.6 Å². The maximum absolute atomic E-state index is 12.6. The second-order valence-corrected chi connectivity index (χ2v) is 14.9. The van der Waals surface area contributed by atoms with Crippen molar-refractivity contribution >= 4 is 19.8 Å². The van der Waals surface area contributed by atoms with E-state index in [9.17, 15) is 19.0 Å². The summed E-state index contributed by atoms with van der Waals surface area (Å²) in [6.45, 7) is 3.57. The third kappa shape index (κ3) is 39.2. The second kappa shape index (κ2) is 39.4.